The molecule has 1 heterocycles. The van der Waals surface area contributed by atoms with Crippen LogP contribution in [-0.4, -0.2) is 9.55 Å². The van der Waals surface area contributed by atoms with Crippen LogP contribution in [0, 0.1) is 6.92 Å². The van der Waals surface area contributed by atoms with E-state index in [1.54, 1.807) is 0 Å². The van der Waals surface area contributed by atoms with E-state index in [1.165, 1.54) is 10.9 Å². The first-order valence-electron chi connectivity index (χ1n) is 5.04. The van der Waals surface area contributed by atoms with Gasteiger partial charge in [-0.05, 0) is 28.4 Å². The summed E-state index contributed by atoms with van der Waals surface area (Å²) in [5, 5.41) is 0.190. The molecule has 2 aromatic rings. The molecule has 0 N–H and O–H groups in total. The third-order valence-electron chi connectivity index (χ3n) is 2.38. The molecule has 88 valence electrons. The average Bonchev–Trinajstić information content (AvgIpc) is 2.30. The third kappa shape index (κ3) is 2.76. The van der Waals surface area contributed by atoms with Crippen LogP contribution in [0.2, 0.25) is 5.15 Å². The maximum absolute atomic E-state index is 11.9. The van der Waals surface area contributed by atoms with Crippen molar-refractivity contribution in [3.8, 4) is 0 Å². The van der Waals surface area contributed by atoms with Crippen LogP contribution in [0.3, 0.4) is 0 Å². The van der Waals surface area contributed by atoms with E-state index in [4.69, 9.17) is 11.6 Å². The minimum absolute atomic E-state index is 0.175. The number of benzene rings is 1. The molecule has 0 bridgehead atoms. The second-order valence-corrected chi connectivity index (χ2v) is 4.92. The van der Waals surface area contributed by atoms with Crippen molar-refractivity contribution in [1.29, 1.82) is 0 Å². The van der Waals surface area contributed by atoms with Gasteiger partial charge >= 0.3 is 0 Å². The van der Waals surface area contributed by atoms with Crippen LogP contribution < -0.4 is 5.56 Å². The molecule has 17 heavy (non-hydrogen) atoms. The quantitative estimate of drug-likeness (QED) is 0.799. The highest BCUT2D eigenvalue weighted by Gasteiger charge is 2.07. The van der Waals surface area contributed by atoms with Gasteiger partial charge < -0.3 is 0 Å². The summed E-state index contributed by atoms with van der Waals surface area (Å²) in [6.07, 6.45) is 1.46. The molecule has 0 fully saturated rings. The Morgan fingerprint density at radius 2 is 2.24 bits per heavy atom. The lowest BCUT2D eigenvalue weighted by molar-refractivity contribution is 0.730. The van der Waals surface area contributed by atoms with E-state index in [1.807, 2.05) is 31.2 Å². The van der Waals surface area contributed by atoms with Crippen molar-refractivity contribution in [3.05, 3.63) is 61.7 Å². The molecular weight excluding hydrogens is 304 g/mol. The van der Waals surface area contributed by atoms with E-state index in [-0.39, 0.29) is 10.7 Å². The number of aryl methyl sites for hydroxylation is 1. The Morgan fingerprint density at radius 1 is 1.47 bits per heavy atom. The minimum Gasteiger partial charge on any atom is -0.294 e. The van der Waals surface area contributed by atoms with Gasteiger partial charge in [-0.1, -0.05) is 41.4 Å². The molecule has 0 unspecified atom stereocenters. The van der Waals surface area contributed by atoms with Gasteiger partial charge in [-0.2, -0.15) is 0 Å². The summed E-state index contributed by atoms with van der Waals surface area (Å²) in [4.78, 5) is 15.8. The Morgan fingerprint density at radius 3 is 2.94 bits per heavy atom. The Bertz CT molecular complexity index is 610. The van der Waals surface area contributed by atoms with Gasteiger partial charge in [-0.25, -0.2) is 4.98 Å². The Kier molecular flexibility index (Phi) is 3.64. The molecule has 0 saturated carbocycles. The lowest BCUT2D eigenvalue weighted by Gasteiger charge is -2.07. The molecule has 0 atom stereocenters. The highest BCUT2D eigenvalue weighted by Crippen LogP contribution is 2.14. The molecule has 2 rings (SSSR count). The zero-order valence-corrected chi connectivity index (χ0v) is 11.5. The van der Waals surface area contributed by atoms with Gasteiger partial charge in [0, 0.05) is 0 Å². The second-order valence-electron chi connectivity index (χ2n) is 3.77. The molecule has 1 aromatic carbocycles. The van der Waals surface area contributed by atoms with Crippen molar-refractivity contribution in [2.75, 3.05) is 0 Å². The molecule has 0 saturated heterocycles. The Balaban J connectivity index is 2.37. The molecule has 0 amide bonds. The first kappa shape index (κ1) is 12.3. The van der Waals surface area contributed by atoms with Crippen LogP contribution in [-0.2, 0) is 6.54 Å². The predicted octanol–water partition coefficient (Wildman–Crippen LogP) is 3.02. The summed E-state index contributed by atoms with van der Waals surface area (Å²) in [6, 6.07) is 7.99. The molecule has 0 radical (unpaired) electrons. The van der Waals surface area contributed by atoms with Crippen LogP contribution in [0.5, 0.6) is 0 Å². The van der Waals surface area contributed by atoms with Crippen LogP contribution in [0.4, 0.5) is 0 Å². The predicted molar refractivity (Wildman–Crippen MR) is 71.5 cm³/mol. The van der Waals surface area contributed by atoms with Crippen molar-refractivity contribution in [3.63, 3.8) is 0 Å². The topological polar surface area (TPSA) is 34.9 Å². The fourth-order valence-corrected chi connectivity index (χ4v) is 2.02. The fourth-order valence-electron chi connectivity index (χ4n) is 1.56. The van der Waals surface area contributed by atoms with E-state index in [2.05, 4.69) is 20.9 Å². The van der Waals surface area contributed by atoms with Crippen molar-refractivity contribution in [2.24, 2.45) is 0 Å². The van der Waals surface area contributed by atoms with Crippen molar-refractivity contribution < 1.29 is 0 Å². The van der Waals surface area contributed by atoms with Gasteiger partial charge in [-0.15, -0.1) is 0 Å². The lowest BCUT2D eigenvalue weighted by Crippen LogP contribution is -2.21. The summed E-state index contributed by atoms with van der Waals surface area (Å²) in [5.74, 6) is 0. The number of rotatable bonds is 2. The zero-order chi connectivity index (χ0) is 12.4. The maximum Gasteiger partial charge on any atom is 0.269 e. The number of halogens is 2. The Hall–Kier alpha value is -1.13. The van der Waals surface area contributed by atoms with Crippen molar-refractivity contribution in [1.82, 2.24) is 9.55 Å². The van der Waals surface area contributed by atoms with Gasteiger partial charge in [0.1, 0.15) is 4.47 Å². The highest BCUT2D eigenvalue weighted by atomic mass is 79.9. The monoisotopic (exact) mass is 312 g/mol. The zero-order valence-electron chi connectivity index (χ0n) is 9.15. The maximum atomic E-state index is 11.9. The highest BCUT2D eigenvalue weighted by molar-refractivity contribution is 9.10. The molecule has 3 nitrogen and oxygen atoms in total. The van der Waals surface area contributed by atoms with Gasteiger partial charge in [0.05, 0.1) is 12.9 Å². The van der Waals surface area contributed by atoms with E-state index in [0.29, 0.717) is 11.0 Å². The molecular formula is C12H10BrClN2O. The summed E-state index contributed by atoms with van der Waals surface area (Å²) in [7, 11) is 0. The Labute approximate surface area is 112 Å². The molecule has 0 spiro atoms. The minimum atomic E-state index is -0.175. The van der Waals surface area contributed by atoms with Gasteiger partial charge in [0.25, 0.3) is 5.56 Å². The molecule has 0 aliphatic rings. The summed E-state index contributed by atoms with van der Waals surface area (Å²) in [5.41, 5.74) is 2.05. The standard InChI is InChI=1S/C12H10BrClN2O/c1-8-3-2-4-9(5-8)6-16-7-15-11(14)10(13)12(16)17/h2-5,7H,6H2,1H3. The van der Waals surface area contributed by atoms with Crippen LogP contribution in [0.15, 0.2) is 39.9 Å². The number of hydrogen-bond donors (Lipinski definition) is 0. The largest absolute Gasteiger partial charge is 0.294 e. The van der Waals surface area contributed by atoms with Gasteiger partial charge in [0.15, 0.2) is 5.15 Å². The second kappa shape index (κ2) is 5.02. The smallest absolute Gasteiger partial charge is 0.269 e. The van der Waals surface area contributed by atoms with Crippen LogP contribution in [0.1, 0.15) is 11.1 Å². The lowest BCUT2D eigenvalue weighted by atomic mass is 10.1. The fraction of sp³-hybridized carbons (Fsp3) is 0.167. The number of hydrogen-bond acceptors (Lipinski definition) is 2. The van der Waals surface area contributed by atoms with Gasteiger partial charge in [-0.3, -0.25) is 9.36 Å². The first-order valence-corrected chi connectivity index (χ1v) is 6.21. The van der Waals surface area contributed by atoms with E-state index >= 15 is 0 Å². The number of aromatic nitrogens is 2. The van der Waals surface area contributed by atoms with E-state index < -0.39 is 0 Å². The summed E-state index contributed by atoms with van der Waals surface area (Å²) in [6.45, 7) is 2.51. The number of nitrogens with zero attached hydrogens (tertiary/aromatic N) is 2. The molecule has 5 heteroatoms. The van der Waals surface area contributed by atoms with E-state index in [0.717, 1.165) is 11.1 Å². The molecule has 0 aliphatic carbocycles. The summed E-state index contributed by atoms with van der Waals surface area (Å²) >= 11 is 8.87. The molecule has 1 aromatic heterocycles. The van der Waals surface area contributed by atoms with Crippen LogP contribution >= 0.6 is 27.5 Å². The van der Waals surface area contributed by atoms with Crippen molar-refractivity contribution in [2.45, 2.75) is 13.5 Å². The summed E-state index contributed by atoms with van der Waals surface area (Å²) < 4.78 is 1.82. The first-order chi connectivity index (χ1) is 8.08. The third-order valence-corrected chi connectivity index (χ3v) is 3.61. The normalized spacial score (nSPS) is 10.5. The SMILES string of the molecule is Cc1cccc(Cn2cnc(Cl)c(Br)c2=O)c1. The average molecular weight is 314 g/mol. The van der Waals surface area contributed by atoms with Gasteiger partial charge in [0.2, 0.25) is 0 Å². The van der Waals surface area contributed by atoms with E-state index in [9.17, 15) is 4.79 Å². The molecule has 0 aliphatic heterocycles. The van der Waals surface area contributed by atoms with Crippen molar-refractivity contribution >= 4 is 27.5 Å². The van der Waals surface area contributed by atoms with Crippen LogP contribution in [0.25, 0.3) is 0 Å².